The van der Waals surface area contributed by atoms with E-state index in [0.717, 1.165) is 6.42 Å². The molecule has 1 aliphatic heterocycles. The van der Waals surface area contributed by atoms with Gasteiger partial charge in [0.15, 0.2) is 0 Å². The van der Waals surface area contributed by atoms with Gasteiger partial charge in [-0.15, -0.1) is 0 Å². The number of hydrogen-bond acceptors (Lipinski definition) is 3. The lowest BCUT2D eigenvalue weighted by molar-refractivity contribution is -0.162. The number of nitrogens with zero attached hydrogens (tertiary/aromatic N) is 1. The van der Waals surface area contributed by atoms with E-state index in [2.05, 4.69) is 33.0 Å². The Morgan fingerprint density at radius 1 is 1.38 bits per heavy atom. The highest BCUT2D eigenvalue weighted by Gasteiger charge is 2.53. The Morgan fingerprint density at radius 2 is 2.05 bits per heavy atom. The van der Waals surface area contributed by atoms with E-state index >= 15 is 0 Å². The molecule has 3 unspecified atom stereocenters. The smallest absolute Gasteiger partial charge is 0.245 e. The molecule has 0 radical (unpaired) electrons. The monoisotopic (exact) mass is 296 g/mol. The minimum absolute atomic E-state index is 0.0167. The van der Waals surface area contributed by atoms with E-state index in [-0.39, 0.29) is 35.4 Å². The van der Waals surface area contributed by atoms with Crippen LogP contribution in [-0.2, 0) is 14.3 Å². The maximum absolute atomic E-state index is 12.8. The number of hydrogen-bond donors (Lipinski definition) is 1. The predicted octanol–water partition coefficient (Wildman–Crippen LogP) is 1.56. The maximum Gasteiger partial charge on any atom is 0.245 e. The summed E-state index contributed by atoms with van der Waals surface area (Å²) in [5.41, 5.74) is -0.0554. The van der Waals surface area contributed by atoms with Crippen LogP contribution in [0.3, 0.4) is 0 Å². The average Bonchev–Trinajstić information content (AvgIpc) is 2.51. The van der Waals surface area contributed by atoms with Gasteiger partial charge in [-0.25, -0.2) is 0 Å². The minimum atomic E-state index is -0.377. The molecule has 2 rings (SSSR count). The van der Waals surface area contributed by atoms with Gasteiger partial charge in [-0.2, -0.15) is 0 Å². The molecule has 1 N–H and O–H groups in total. The summed E-state index contributed by atoms with van der Waals surface area (Å²) in [4.78, 5) is 26.6. The van der Waals surface area contributed by atoms with Crippen molar-refractivity contribution >= 4 is 11.8 Å². The van der Waals surface area contributed by atoms with Gasteiger partial charge in [0.2, 0.25) is 11.8 Å². The Balaban J connectivity index is 2.15. The van der Waals surface area contributed by atoms with E-state index in [0.29, 0.717) is 25.3 Å². The Hall–Kier alpha value is -1.10. The Bertz CT molecular complexity index is 420. The summed E-state index contributed by atoms with van der Waals surface area (Å²) >= 11 is 0. The summed E-state index contributed by atoms with van der Waals surface area (Å²) in [6.07, 6.45) is 2.13. The van der Waals surface area contributed by atoms with Gasteiger partial charge >= 0.3 is 0 Å². The highest BCUT2D eigenvalue weighted by molar-refractivity contribution is 5.90. The fourth-order valence-corrected chi connectivity index (χ4v) is 3.59. The lowest BCUT2D eigenvalue weighted by atomic mass is 9.63. The number of carbonyl (C=O) groups is 2. The van der Waals surface area contributed by atoms with Gasteiger partial charge in [-0.05, 0) is 18.8 Å². The van der Waals surface area contributed by atoms with Crippen molar-refractivity contribution in [3.05, 3.63) is 0 Å². The second-order valence-electron chi connectivity index (χ2n) is 7.33. The third-order valence-corrected chi connectivity index (χ3v) is 4.99. The summed E-state index contributed by atoms with van der Waals surface area (Å²) in [5, 5.41) is 2.88. The number of ether oxygens (including phenoxy) is 1. The van der Waals surface area contributed by atoms with E-state index < -0.39 is 0 Å². The van der Waals surface area contributed by atoms with Gasteiger partial charge in [-0.3, -0.25) is 9.59 Å². The van der Waals surface area contributed by atoms with Crippen LogP contribution in [-0.4, -0.2) is 48.6 Å². The first-order chi connectivity index (χ1) is 9.77. The standard InChI is InChI=1S/C16H28N2O3/c1-10(2)8-11-15(20)18(7-6-14(19)17-11)12-9-13(21-5)16(12,3)4/h10-13H,6-9H2,1-5H3,(H,17,19). The van der Waals surface area contributed by atoms with Crippen LogP contribution in [0, 0.1) is 11.3 Å². The van der Waals surface area contributed by atoms with Gasteiger partial charge < -0.3 is 15.0 Å². The third-order valence-electron chi connectivity index (χ3n) is 4.99. The number of rotatable bonds is 4. The van der Waals surface area contributed by atoms with E-state index in [9.17, 15) is 9.59 Å². The molecule has 1 heterocycles. The highest BCUT2D eigenvalue weighted by Crippen LogP contribution is 2.46. The molecule has 0 bridgehead atoms. The minimum Gasteiger partial charge on any atom is -0.381 e. The summed E-state index contributed by atoms with van der Waals surface area (Å²) in [5.74, 6) is 0.430. The number of methoxy groups -OCH3 is 1. The number of amides is 2. The molecule has 1 saturated carbocycles. The van der Waals surface area contributed by atoms with E-state index in [4.69, 9.17) is 4.74 Å². The predicted molar refractivity (Wildman–Crippen MR) is 80.7 cm³/mol. The van der Waals surface area contributed by atoms with Gasteiger partial charge in [0.05, 0.1) is 6.10 Å². The van der Waals surface area contributed by atoms with Crippen LogP contribution in [0.25, 0.3) is 0 Å². The van der Waals surface area contributed by atoms with Gasteiger partial charge in [0, 0.05) is 31.5 Å². The van der Waals surface area contributed by atoms with E-state index in [1.54, 1.807) is 7.11 Å². The second-order valence-corrected chi connectivity index (χ2v) is 7.33. The van der Waals surface area contributed by atoms with Crippen LogP contribution in [0.4, 0.5) is 0 Å². The Kier molecular flexibility index (Phi) is 4.61. The summed E-state index contributed by atoms with van der Waals surface area (Å²) < 4.78 is 5.48. The zero-order valence-corrected chi connectivity index (χ0v) is 13.8. The zero-order chi connectivity index (χ0) is 15.8. The van der Waals surface area contributed by atoms with Crippen molar-refractivity contribution < 1.29 is 14.3 Å². The molecule has 0 aromatic rings. The topological polar surface area (TPSA) is 58.6 Å². The molecular weight excluding hydrogens is 268 g/mol. The van der Waals surface area contributed by atoms with Crippen molar-refractivity contribution in [2.24, 2.45) is 11.3 Å². The third kappa shape index (κ3) is 3.07. The van der Waals surface area contributed by atoms with Crippen LogP contribution < -0.4 is 5.32 Å². The van der Waals surface area contributed by atoms with Crippen molar-refractivity contribution in [3.8, 4) is 0 Å². The fourth-order valence-electron chi connectivity index (χ4n) is 3.59. The molecule has 2 fully saturated rings. The van der Waals surface area contributed by atoms with Crippen LogP contribution in [0.5, 0.6) is 0 Å². The first-order valence-electron chi connectivity index (χ1n) is 7.90. The molecule has 0 aromatic heterocycles. The lowest BCUT2D eigenvalue weighted by Gasteiger charge is -2.55. The Labute approximate surface area is 127 Å². The summed E-state index contributed by atoms with van der Waals surface area (Å²) in [6, 6.07) is -0.213. The van der Waals surface area contributed by atoms with Gasteiger partial charge in [-0.1, -0.05) is 27.7 Å². The normalized spacial score (nSPS) is 32.7. The van der Waals surface area contributed by atoms with Crippen molar-refractivity contribution in [2.45, 2.75) is 65.1 Å². The fraction of sp³-hybridized carbons (Fsp3) is 0.875. The molecule has 21 heavy (non-hydrogen) atoms. The quantitative estimate of drug-likeness (QED) is 0.856. The number of carbonyl (C=O) groups excluding carboxylic acids is 2. The molecule has 2 aliphatic rings. The molecule has 5 heteroatoms. The second kappa shape index (κ2) is 5.95. The van der Waals surface area contributed by atoms with Crippen molar-refractivity contribution in [1.82, 2.24) is 10.2 Å². The van der Waals surface area contributed by atoms with E-state index in [1.807, 2.05) is 4.90 Å². The summed E-state index contributed by atoms with van der Waals surface area (Å²) in [7, 11) is 1.72. The van der Waals surface area contributed by atoms with Crippen LogP contribution in [0.1, 0.15) is 47.0 Å². The molecule has 120 valence electrons. The van der Waals surface area contributed by atoms with Gasteiger partial charge in [0.25, 0.3) is 0 Å². The van der Waals surface area contributed by atoms with Crippen LogP contribution >= 0.6 is 0 Å². The maximum atomic E-state index is 12.8. The average molecular weight is 296 g/mol. The molecule has 5 nitrogen and oxygen atoms in total. The zero-order valence-electron chi connectivity index (χ0n) is 13.8. The first-order valence-corrected chi connectivity index (χ1v) is 7.90. The van der Waals surface area contributed by atoms with Crippen molar-refractivity contribution in [2.75, 3.05) is 13.7 Å². The van der Waals surface area contributed by atoms with Crippen LogP contribution in [0.2, 0.25) is 0 Å². The van der Waals surface area contributed by atoms with E-state index in [1.165, 1.54) is 0 Å². The number of nitrogens with one attached hydrogen (secondary N) is 1. The Morgan fingerprint density at radius 3 is 2.57 bits per heavy atom. The van der Waals surface area contributed by atoms with Crippen molar-refractivity contribution in [1.29, 1.82) is 0 Å². The molecule has 0 aromatic carbocycles. The largest absolute Gasteiger partial charge is 0.381 e. The van der Waals surface area contributed by atoms with Crippen LogP contribution in [0.15, 0.2) is 0 Å². The molecule has 1 saturated heterocycles. The molecule has 2 amide bonds. The molecule has 0 spiro atoms. The SMILES string of the molecule is COC1CC(N2CCC(=O)NC(CC(C)C)C2=O)C1(C)C. The molecular formula is C16H28N2O3. The molecule has 3 atom stereocenters. The molecule has 1 aliphatic carbocycles. The highest BCUT2D eigenvalue weighted by atomic mass is 16.5. The lowest BCUT2D eigenvalue weighted by Crippen LogP contribution is -2.64. The summed E-state index contributed by atoms with van der Waals surface area (Å²) in [6.45, 7) is 8.94. The van der Waals surface area contributed by atoms with Crippen molar-refractivity contribution in [3.63, 3.8) is 0 Å². The first kappa shape index (κ1) is 16.3. The van der Waals surface area contributed by atoms with Gasteiger partial charge in [0.1, 0.15) is 6.04 Å².